The number of hydrogen-bond donors (Lipinski definition) is 1. The molecule has 0 bridgehead atoms. The molecule has 0 saturated heterocycles. The van der Waals surface area contributed by atoms with E-state index in [1.54, 1.807) is 30.3 Å². The van der Waals surface area contributed by atoms with Crippen LogP contribution in [0.25, 0.3) is 0 Å². The van der Waals surface area contributed by atoms with Crippen LogP contribution in [-0.4, -0.2) is 43.5 Å². The standard InChI is InChI=1S/C11H15N3O2/c1-14(7-9(15)8-16-2)11-4-3-5-13-10(11)6-12/h3-5,9,15H,7-8H2,1-2H3. The summed E-state index contributed by atoms with van der Waals surface area (Å²) in [5.74, 6) is 0. The third kappa shape index (κ3) is 3.19. The fourth-order valence-corrected chi connectivity index (χ4v) is 1.45. The molecule has 1 heterocycles. The summed E-state index contributed by atoms with van der Waals surface area (Å²) in [5, 5.41) is 18.5. The van der Waals surface area contributed by atoms with Crippen molar-refractivity contribution in [1.29, 1.82) is 5.26 Å². The Morgan fingerprint density at radius 3 is 3.06 bits per heavy atom. The van der Waals surface area contributed by atoms with Gasteiger partial charge in [-0.3, -0.25) is 0 Å². The molecule has 0 fully saturated rings. The molecule has 1 aromatic rings. The van der Waals surface area contributed by atoms with E-state index < -0.39 is 6.10 Å². The number of pyridine rings is 1. The lowest BCUT2D eigenvalue weighted by atomic mass is 10.2. The molecule has 86 valence electrons. The molecule has 5 nitrogen and oxygen atoms in total. The van der Waals surface area contributed by atoms with Crippen LogP contribution in [0.5, 0.6) is 0 Å². The molecule has 1 aromatic heterocycles. The number of hydrogen-bond acceptors (Lipinski definition) is 5. The van der Waals surface area contributed by atoms with Gasteiger partial charge in [-0.1, -0.05) is 0 Å². The van der Waals surface area contributed by atoms with Gasteiger partial charge < -0.3 is 14.7 Å². The summed E-state index contributed by atoms with van der Waals surface area (Å²) < 4.78 is 4.84. The van der Waals surface area contributed by atoms with Gasteiger partial charge >= 0.3 is 0 Å². The maximum Gasteiger partial charge on any atom is 0.163 e. The van der Waals surface area contributed by atoms with Crippen LogP contribution in [0.3, 0.4) is 0 Å². The molecule has 0 aliphatic heterocycles. The first-order valence-corrected chi connectivity index (χ1v) is 4.92. The van der Waals surface area contributed by atoms with Crippen molar-refractivity contribution in [3.05, 3.63) is 24.0 Å². The summed E-state index contributed by atoms with van der Waals surface area (Å²) in [6, 6.07) is 5.57. The zero-order valence-electron chi connectivity index (χ0n) is 9.42. The Bertz CT molecular complexity index is 376. The van der Waals surface area contributed by atoms with E-state index in [2.05, 4.69) is 4.98 Å². The van der Waals surface area contributed by atoms with Crippen molar-refractivity contribution in [3.8, 4) is 6.07 Å². The zero-order chi connectivity index (χ0) is 12.0. The summed E-state index contributed by atoms with van der Waals surface area (Å²) in [4.78, 5) is 5.74. The minimum Gasteiger partial charge on any atom is -0.389 e. The van der Waals surface area contributed by atoms with Crippen LogP contribution >= 0.6 is 0 Å². The second kappa shape index (κ2) is 6.05. The number of rotatable bonds is 5. The first kappa shape index (κ1) is 12.4. The van der Waals surface area contributed by atoms with Crippen LogP contribution in [0.15, 0.2) is 18.3 Å². The van der Waals surface area contributed by atoms with Crippen molar-refractivity contribution in [1.82, 2.24) is 4.98 Å². The fourth-order valence-electron chi connectivity index (χ4n) is 1.45. The third-order valence-electron chi connectivity index (χ3n) is 2.15. The van der Waals surface area contributed by atoms with E-state index in [1.165, 1.54) is 7.11 Å². The Hall–Kier alpha value is -1.64. The van der Waals surface area contributed by atoms with E-state index in [4.69, 9.17) is 10.00 Å². The van der Waals surface area contributed by atoms with Crippen molar-refractivity contribution in [2.24, 2.45) is 0 Å². The van der Waals surface area contributed by atoms with Gasteiger partial charge in [0.2, 0.25) is 0 Å². The summed E-state index contributed by atoms with van der Waals surface area (Å²) in [7, 11) is 3.34. The smallest absolute Gasteiger partial charge is 0.163 e. The quantitative estimate of drug-likeness (QED) is 0.779. The summed E-state index contributed by atoms with van der Waals surface area (Å²) in [6.45, 7) is 0.667. The van der Waals surface area contributed by atoms with Gasteiger partial charge in [0, 0.05) is 26.9 Å². The molecule has 0 radical (unpaired) electrons. The molecule has 1 atom stereocenters. The Kier molecular flexibility index (Phi) is 4.70. The van der Waals surface area contributed by atoms with Gasteiger partial charge in [0.15, 0.2) is 5.69 Å². The van der Waals surface area contributed by atoms with Crippen LogP contribution < -0.4 is 4.90 Å². The van der Waals surface area contributed by atoms with Crippen LogP contribution in [0.1, 0.15) is 5.69 Å². The molecule has 0 aliphatic carbocycles. The molecule has 0 aliphatic rings. The van der Waals surface area contributed by atoms with Crippen molar-refractivity contribution in [3.63, 3.8) is 0 Å². The highest BCUT2D eigenvalue weighted by molar-refractivity contribution is 5.55. The number of anilines is 1. The van der Waals surface area contributed by atoms with Gasteiger partial charge in [-0.05, 0) is 12.1 Å². The van der Waals surface area contributed by atoms with Crippen molar-refractivity contribution < 1.29 is 9.84 Å². The number of nitrogens with zero attached hydrogens (tertiary/aromatic N) is 3. The number of nitriles is 1. The van der Waals surface area contributed by atoms with Gasteiger partial charge in [0.05, 0.1) is 18.4 Å². The zero-order valence-corrected chi connectivity index (χ0v) is 9.42. The Labute approximate surface area is 94.9 Å². The van der Waals surface area contributed by atoms with Crippen LogP contribution in [0.2, 0.25) is 0 Å². The lowest BCUT2D eigenvalue weighted by molar-refractivity contribution is 0.0695. The third-order valence-corrected chi connectivity index (χ3v) is 2.15. The predicted molar refractivity (Wildman–Crippen MR) is 60.1 cm³/mol. The molecular formula is C11H15N3O2. The largest absolute Gasteiger partial charge is 0.389 e. The van der Waals surface area contributed by atoms with Gasteiger partial charge in [0.25, 0.3) is 0 Å². The predicted octanol–water partition coefficient (Wildman–Crippen LogP) is 0.397. The first-order valence-electron chi connectivity index (χ1n) is 4.92. The number of aliphatic hydroxyl groups is 1. The Morgan fingerprint density at radius 1 is 1.69 bits per heavy atom. The minimum absolute atomic E-state index is 0.270. The minimum atomic E-state index is -0.582. The molecule has 0 aromatic carbocycles. The number of likely N-dealkylation sites (N-methyl/N-ethyl adjacent to an activating group) is 1. The highest BCUT2D eigenvalue weighted by Crippen LogP contribution is 2.15. The normalized spacial score (nSPS) is 11.9. The van der Waals surface area contributed by atoms with E-state index in [0.29, 0.717) is 17.9 Å². The highest BCUT2D eigenvalue weighted by Gasteiger charge is 2.12. The van der Waals surface area contributed by atoms with E-state index in [1.807, 2.05) is 6.07 Å². The van der Waals surface area contributed by atoms with Gasteiger partial charge in [0.1, 0.15) is 6.07 Å². The monoisotopic (exact) mass is 221 g/mol. The average molecular weight is 221 g/mol. The summed E-state index contributed by atoms with van der Waals surface area (Å²) in [5.41, 5.74) is 1.06. The topological polar surface area (TPSA) is 69.4 Å². The molecular weight excluding hydrogens is 206 g/mol. The van der Waals surface area contributed by atoms with Crippen molar-refractivity contribution >= 4 is 5.69 Å². The molecule has 1 rings (SSSR count). The molecule has 0 saturated carbocycles. The molecule has 0 amide bonds. The fraction of sp³-hybridized carbons (Fsp3) is 0.455. The van der Waals surface area contributed by atoms with E-state index in [0.717, 1.165) is 0 Å². The first-order chi connectivity index (χ1) is 7.69. The maximum atomic E-state index is 9.57. The maximum absolute atomic E-state index is 9.57. The Morgan fingerprint density at radius 2 is 2.44 bits per heavy atom. The van der Waals surface area contributed by atoms with Gasteiger partial charge in [-0.15, -0.1) is 0 Å². The number of ether oxygens (including phenoxy) is 1. The van der Waals surface area contributed by atoms with Crippen LogP contribution in [-0.2, 0) is 4.74 Å². The van der Waals surface area contributed by atoms with E-state index in [9.17, 15) is 5.11 Å². The molecule has 16 heavy (non-hydrogen) atoms. The number of aromatic nitrogens is 1. The molecule has 1 N–H and O–H groups in total. The molecule has 5 heteroatoms. The second-order valence-electron chi connectivity index (χ2n) is 3.47. The van der Waals surface area contributed by atoms with Gasteiger partial charge in [-0.2, -0.15) is 5.26 Å². The lowest BCUT2D eigenvalue weighted by Crippen LogP contribution is -2.32. The number of aliphatic hydroxyl groups excluding tert-OH is 1. The lowest BCUT2D eigenvalue weighted by Gasteiger charge is -2.22. The summed E-state index contributed by atoms with van der Waals surface area (Å²) in [6.07, 6.45) is 0.989. The molecule has 1 unspecified atom stereocenters. The highest BCUT2D eigenvalue weighted by atomic mass is 16.5. The summed E-state index contributed by atoms with van der Waals surface area (Å²) >= 11 is 0. The number of methoxy groups -OCH3 is 1. The molecule has 0 spiro atoms. The van der Waals surface area contributed by atoms with Crippen LogP contribution in [0, 0.1) is 11.3 Å². The van der Waals surface area contributed by atoms with E-state index >= 15 is 0 Å². The Balaban J connectivity index is 2.73. The van der Waals surface area contributed by atoms with Gasteiger partial charge in [-0.25, -0.2) is 4.98 Å². The van der Waals surface area contributed by atoms with Crippen molar-refractivity contribution in [2.45, 2.75) is 6.10 Å². The average Bonchev–Trinajstić information content (AvgIpc) is 2.29. The van der Waals surface area contributed by atoms with E-state index in [-0.39, 0.29) is 6.61 Å². The second-order valence-corrected chi connectivity index (χ2v) is 3.47. The van der Waals surface area contributed by atoms with Crippen LogP contribution in [0.4, 0.5) is 5.69 Å². The SMILES string of the molecule is COCC(O)CN(C)c1cccnc1C#N. The van der Waals surface area contributed by atoms with Crippen molar-refractivity contribution in [2.75, 3.05) is 32.2 Å².